The van der Waals surface area contributed by atoms with Gasteiger partial charge < -0.3 is 19.0 Å². The van der Waals surface area contributed by atoms with Gasteiger partial charge in [-0.25, -0.2) is 0 Å². The summed E-state index contributed by atoms with van der Waals surface area (Å²) in [4.78, 5) is 45.8. The molecule has 0 bridgehead atoms. The second-order valence-electron chi connectivity index (χ2n) is 11.8. The van der Waals surface area contributed by atoms with E-state index in [9.17, 15) is 14.4 Å². The van der Waals surface area contributed by atoms with Gasteiger partial charge in [0.15, 0.2) is 0 Å². The van der Waals surface area contributed by atoms with E-state index in [0.29, 0.717) is 55.4 Å². The van der Waals surface area contributed by atoms with Crippen molar-refractivity contribution in [2.75, 3.05) is 31.6 Å². The first-order valence-corrected chi connectivity index (χ1v) is 14.2. The van der Waals surface area contributed by atoms with Crippen molar-refractivity contribution < 1.29 is 23.5 Å². The van der Waals surface area contributed by atoms with Crippen molar-refractivity contribution >= 4 is 23.4 Å². The summed E-state index contributed by atoms with van der Waals surface area (Å²) in [6.45, 7) is 5.87. The van der Waals surface area contributed by atoms with Crippen LogP contribution in [0.1, 0.15) is 66.1 Å². The number of amides is 3. The van der Waals surface area contributed by atoms with Gasteiger partial charge in [-0.15, -0.1) is 10.2 Å². The number of fused-ring (bicyclic) bond motifs is 1. The molecule has 3 aromatic rings. The Bertz CT molecular complexity index is 1470. The zero-order valence-electron chi connectivity index (χ0n) is 23.7. The fourth-order valence-corrected chi connectivity index (χ4v) is 6.31. The van der Waals surface area contributed by atoms with Gasteiger partial charge in [-0.2, -0.15) is 0 Å². The molecule has 0 spiro atoms. The Kier molecular flexibility index (Phi) is 7.11. The molecule has 41 heavy (non-hydrogen) atoms. The number of nitrogens with zero attached hydrogens (tertiary/aromatic N) is 5. The third-order valence-electron chi connectivity index (χ3n) is 8.31. The van der Waals surface area contributed by atoms with E-state index in [1.54, 1.807) is 18.0 Å². The molecule has 2 fully saturated rings. The summed E-state index contributed by atoms with van der Waals surface area (Å²) >= 11 is 0. The minimum absolute atomic E-state index is 0.0183. The lowest BCUT2D eigenvalue weighted by atomic mass is 9.93. The van der Waals surface area contributed by atoms with Gasteiger partial charge in [-0.3, -0.25) is 19.3 Å². The Hall–Kier alpha value is -4.05. The first-order valence-electron chi connectivity index (χ1n) is 14.2. The summed E-state index contributed by atoms with van der Waals surface area (Å²) in [7, 11) is 1.74. The van der Waals surface area contributed by atoms with Crippen molar-refractivity contribution in [1.29, 1.82) is 0 Å². The van der Waals surface area contributed by atoms with Crippen LogP contribution in [0.15, 0.2) is 52.9 Å². The molecule has 1 aromatic heterocycles. The first kappa shape index (κ1) is 27.1. The number of aromatic nitrogens is 2. The van der Waals surface area contributed by atoms with Crippen LogP contribution in [0.4, 0.5) is 5.69 Å². The van der Waals surface area contributed by atoms with Gasteiger partial charge in [0, 0.05) is 38.3 Å². The molecular weight excluding hydrogens is 522 g/mol. The number of rotatable bonds is 6. The van der Waals surface area contributed by atoms with Crippen LogP contribution in [0.5, 0.6) is 0 Å². The Balaban J connectivity index is 1.16. The monoisotopic (exact) mass is 557 g/mol. The topological polar surface area (TPSA) is 109 Å². The predicted molar refractivity (Wildman–Crippen MR) is 151 cm³/mol. The fraction of sp³-hybridized carbons (Fsp3) is 0.452. The van der Waals surface area contributed by atoms with Gasteiger partial charge in [0.25, 0.3) is 11.8 Å². The van der Waals surface area contributed by atoms with E-state index in [1.807, 2.05) is 56.3 Å². The highest BCUT2D eigenvalue weighted by Crippen LogP contribution is 2.38. The number of benzene rings is 2. The number of piperidine rings is 1. The zero-order valence-corrected chi connectivity index (χ0v) is 23.7. The minimum atomic E-state index is -0.391. The summed E-state index contributed by atoms with van der Waals surface area (Å²) in [5.41, 5.74) is 2.04. The van der Waals surface area contributed by atoms with E-state index in [0.717, 1.165) is 24.1 Å². The quantitative estimate of drug-likeness (QED) is 0.416. The Labute approximate surface area is 239 Å². The molecule has 214 valence electrons. The zero-order chi connectivity index (χ0) is 28.7. The molecule has 3 aliphatic heterocycles. The molecule has 0 radical (unpaired) electrons. The van der Waals surface area contributed by atoms with Gasteiger partial charge in [-0.1, -0.05) is 24.3 Å². The molecular formula is C31H35N5O5. The number of hydrogen-bond acceptors (Lipinski definition) is 8. The second-order valence-corrected chi connectivity index (χ2v) is 11.8. The van der Waals surface area contributed by atoms with E-state index in [1.165, 1.54) is 4.90 Å². The van der Waals surface area contributed by atoms with Crippen molar-refractivity contribution in [2.24, 2.45) is 5.92 Å². The average molecular weight is 558 g/mol. The van der Waals surface area contributed by atoms with Crippen LogP contribution >= 0.6 is 0 Å². The lowest BCUT2D eigenvalue weighted by Crippen LogP contribution is -2.48. The Morgan fingerprint density at radius 2 is 1.85 bits per heavy atom. The van der Waals surface area contributed by atoms with Crippen LogP contribution in [0.25, 0.3) is 11.5 Å². The summed E-state index contributed by atoms with van der Waals surface area (Å²) in [6, 6.07) is 14.8. The van der Waals surface area contributed by atoms with Crippen LogP contribution in [-0.4, -0.2) is 76.1 Å². The third-order valence-corrected chi connectivity index (χ3v) is 8.31. The van der Waals surface area contributed by atoms with Crippen molar-refractivity contribution in [3.8, 4) is 11.5 Å². The maximum atomic E-state index is 13.8. The van der Waals surface area contributed by atoms with Gasteiger partial charge >= 0.3 is 0 Å². The summed E-state index contributed by atoms with van der Waals surface area (Å²) in [6.07, 6.45) is 2.77. The number of carbonyl (C=O) groups is 3. The molecule has 0 N–H and O–H groups in total. The summed E-state index contributed by atoms with van der Waals surface area (Å²) in [5.74, 6) is 0.0123. The smallest absolute Gasteiger partial charge is 0.263 e. The summed E-state index contributed by atoms with van der Waals surface area (Å²) in [5, 5.41) is 8.25. The lowest BCUT2D eigenvalue weighted by Gasteiger charge is -2.39. The number of hydrogen-bond donors (Lipinski definition) is 0. The highest BCUT2D eigenvalue weighted by Gasteiger charge is 2.45. The lowest BCUT2D eigenvalue weighted by molar-refractivity contribution is -0.135. The number of anilines is 1. The second kappa shape index (κ2) is 10.7. The standard InChI is InChI=1S/C31H35N5O5/c1-31(2)17-22(14-16-40-31)36-29(38)23-12-7-13-24(26(23)30(36)39)35-15-8-11-21(18-35)28(37)34(3)19-25-32-33-27(41-25)20-9-5-4-6-10-20/h4-7,9-10,12-13,21-22H,8,11,14-19H2,1-3H3/t21-,22+/m1/s1. The third kappa shape index (κ3) is 5.24. The van der Waals surface area contributed by atoms with Crippen LogP contribution < -0.4 is 4.90 Å². The predicted octanol–water partition coefficient (Wildman–Crippen LogP) is 4.17. The summed E-state index contributed by atoms with van der Waals surface area (Å²) < 4.78 is 11.6. The molecule has 4 heterocycles. The van der Waals surface area contributed by atoms with Crippen molar-refractivity contribution in [1.82, 2.24) is 20.0 Å². The van der Waals surface area contributed by atoms with Crippen LogP contribution in [0, 0.1) is 5.92 Å². The highest BCUT2D eigenvalue weighted by atomic mass is 16.5. The van der Waals surface area contributed by atoms with Gasteiger partial charge in [0.05, 0.1) is 34.9 Å². The van der Waals surface area contributed by atoms with Crippen LogP contribution in [0.3, 0.4) is 0 Å². The van der Waals surface area contributed by atoms with Gasteiger partial charge in [0.2, 0.25) is 17.7 Å². The van der Waals surface area contributed by atoms with Crippen molar-refractivity contribution in [3.63, 3.8) is 0 Å². The van der Waals surface area contributed by atoms with E-state index in [-0.39, 0.29) is 36.2 Å². The molecule has 2 atom stereocenters. The molecule has 2 aromatic carbocycles. The molecule has 10 heteroatoms. The van der Waals surface area contributed by atoms with Crippen molar-refractivity contribution in [3.05, 3.63) is 65.5 Å². The van der Waals surface area contributed by atoms with Gasteiger partial charge in [-0.05, 0) is 63.8 Å². The minimum Gasteiger partial charge on any atom is -0.419 e. The first-order chi connectivity index (χ1) is 19.7. The molecule has 0 aliphatic carbocycles. The normalized spacial score (nSPS) is 22.1. The van der Waals surface area contributed by atoms with E-state index in [2.05, 4.69) is 15.1 Å². The maximum Gasteiger partial charge on any atom is 0.263 e. The van der Waals surface area contributed by atoms with Crippen LogP contribution in [0.2, 0.25) is 0 Å². The largest absolute Gasteiger partial charge is 0.419 e. The van der Waals surface area contributed by atoms with Gasteiger partial charge in [0.1, 0.15) is 0 Å². The SMILES string of the molecule is CN(Cc1nnc(-c2ccccc2)o1)C(=O)[C@@H]1CCCN(c2cccc3c2C(=O)N([C@H]2CCOC(C)(C)C2)C3=O)C1. The van der Waals surface area contributed by atoms with E-state index >= 15 is 0 Å². The molecule has 0 saturated carbocycles. The van der Waals surface area contributed by atoms with Crippen LogP contribution in [-0.2, 0) is 16.1 Å². The molecule has 10 nitrogen and oxygen atoms in total. The molecule has 3 aliphatic rings. The van der Waals surface area contributed by atoms with Crippen molar-refractivity contribution in [2.45, 2.75) is 57.7 Å². The number of ether oxygens (including phenoxy) is 1. The molecule has 0 unspecified atom stereocenters. The number of carbonyl (C=O) groups excluding carboxylic acids is 3. The molecule has 6 rings (SSSR count). The maximum absolute atomic E-state index is 13.8. The Morgan fingerprint density at radius 1 is 1.05 bits per heavy atom. The Morgan fingerprint density at radius 3 is 2.63 bits per heavy atom. The molecule has 3 amide bonds. The fourth-order valence-electron chi connectivity index (χ4n) is 6.31. The van der Waals surface area contributed by atoms with E-state index < -0.39 is 5.60 Å². The average Bonchev–Trinajstić information content (AvgIpc) is 3.54. The molecule has 2 saturated heterocycles. The van der Waals surface area contributed by atoms with E-state index in [4.69, 9.17) is 9.15 Å². The number of imide groups is 1. The highest BCUT2D eigenvalue weighted by molar-refractivity contribution is 6.24.